The van der Waals surface area contributed by atoms with Crippen molar-refractivity contribution in [3.05, 3.63) is 93.9 Å². The Labute approximate surface area is 127 Å². The summed E-state index contributed by atoms with van der Waals surface area (Å²) in [6.45, 7) is 1.97. The molecule has 0 N–H and O–H groups in total. The average molecular weight is 290 g/mol. The molecule has 22 heavy (non-hydrogen) atoms. The van der Waals surface area contributed by atoms with Crippen molar-refractivity contribution >= 4 is 5.78 Å². The molecule has 0 aliphatic heterocycles. The second kappa shape index (κ2) is 5.77. The summed E-state index contributed by atoms with van der Waals surface area (Å²) >= 11 is 0. The van der Waals surface area contributed by atoms with E-state index in [1.54, 1.807) is 36.4 Å². The second-order valence-electron chi connectivity index (χ2n) is 5.00. The number of aromatic nitrogens is 2. The third-order valence-electron chi connectivity index (χ3n) is 3.35. The van der Waals surface area contributed by atoms with Gasteiger partial charge in [-0.3, -0.25) is 9.59 Å². The lowest BCUT2D eigenvalue weighted by atomic mass is 10.1. The Bertz CT molecular complexity index is 866. The number of rotatable bonds is 3. The van der Waals surface area contributed by atoms with Crippen molar-refractivity contribution in [2.75, 3.05) is 0 Å². The van der Waals surface area contributed by atoms with E-state index < -0.39 is 0 Å². The number of nitrogens with zero attached hydrogens (tertiary/aromatic N) is 2. The average Bonchev–Trinajstić information content (AvgIpc) is 2.56. The Hall–Kier alpha value is -3.01. The van der Waals surface area contributed by atoms with Gasteiger partial charge in [0.1, 0.15) is 5.69 Å². The van der Waals surface area contributed by atoms with E-state index in [-0.39, 0.29) is 17.0 Å². The van der Waals surface area contributed by atoms with Gasteiger partial charge in [-0.05, 0) is 25.1 Å². The first-order valence-corrected chi connectivity index (χ1v) is 6.92. The highest BCUT2D eigenvalue weighted by molar-refractivity contribution is 6.07. The molecule has 4 nitrogen and oxygen atoms in total. The van der Waals surface area contributed by atoms with Crippen LogP contribution in [0.25, 0.3) is 5.69 Å². The molecule has 0 atom stereocenters. The molecule has 0 fully saturated rings. The molecule has 1 aromatic heterocycles. The number of aryl methyl sites for hydroxylation is 1. The molecule has 0 unspecified atom stereocenters. The van der Waals surface area contributed by atoms with E-state index >= 15 is 0 Å². The molecular formula is C18H14N2O2. The third-order valence-corrected chi connectivity index (χ3v) is 3.35. The van der Waals surface area contributed by atoms with E-state index in [9.17, 15) is 9.59 Å². The lowest BCUT2D eigenvalue weighted by molar-refractivity contribution is 0.103. The van der Waals surface area contributed by atoms with Gasteiger partial charge in [0, 0.05) is 11.6 Å². The molecular weight excluding hydrogens is 276 g/mol. The van der Waals surface area contributed by atoms with Gasteiger partial charge in [0.15, 0.2) is 0 Å². The predicted octanol–water partition coefficient (Wildman–Crippen LogP) is 2.77. The number of benzene rings is 2. The number of carbonyl (C=O) groups excluding carboxylic acids is 1. The minimum atomic E-state index is -0.270. The van der Waals surface area contributed by atoms with Crippen molar-refractivity contribution < 1.29 is 4.79 Å². The summed E-state index contributed by atoms with van der Waals surface area (Å²) in [7, 11) is 0. The highest BCUT2D eigenvalue weighted by Gasteiger charge is 2.12. The van der Waals surface area contributed by atoms with Gasteiger partial charge in [-0.2, -0.15) is 9.78 Å². The number of hydrogen-bond acceptors (Lipinski definition) is 3. The van der Waals surface area contributed by atoms with Crippen molar-refractivity contribution in [3.8, 4) is 5.69 Å². The first kappa shape index (κ1) is 13.9. The van der Waals surface area contributed by atoms with Crippen LogP contribution in [0, 0.1) is 6.92 Å². The molecule has 0 bridgehead atoms. The van der Waals surface area contributed by atoms with Crippen LogP contribution in [0.1, 0.15) is 21.6 Å². The highest BCUT2D eigenvalue weighted by atomic mass is 16.1. The van der Waals surface area contributed by atoms with Crippen LogP contribution in [0.2, 0.25) is 0 Å². The molecule has 108 valence electrons. The van der Waals surface area contributed by atoms with E-state index in [4.69, 9.17) is 0 Å². The minimum absolute atomic E-state index is 0.207. The Kier molecular flexibility index (Phi) is 3.66. The Balaban J connectivity index is 2.05. The summed E-state index contributed by atoms with van der Waals surface area (Å²) in [5.41, 5.74) is 2.25. The summed E-state index contributed by atoms with van der Waals surface area (Å²) < 4.78 is 1.25. The van der Waals surface area contributed by atoms with Crippen molar-refractivity contribution in [1.29, 1.82) is 0 Å². The van der Waals surface area contributed by atoms with Gasteiger partial charge in [-0.25, -0.2) is 0 Å². The molecule has 4 heteroatoms. The fourth-order valence-electron chi connectivity index (χ4n) is 2.14. The van der Waals surface area contributed by atoms with E-state index in [1.165, 1.54) is 16.8 Å². The largest absolute Gasteiger partial charge is 0.287 e. The monoisotopic (exact) mass is 290 g/mol. The van der Waals surface area contributed by atoms with Crippen LogP contribution >= 0.6 is 0 Å². The SMILES string of the molecule is Cc1ccc(-n2nc(C(=O)c3ccccc3)ccc2=O)cc1. The smallest absolute Gasteiger partial charge is 0.271 e. The van der Waals surface area contributed by atoms with Gasteiger partial charge in [0.25, 0.3) is 5.56 Å². The van der Waals surface area contributed by atoms with Crippen molar-refractivity contribution in [3.63, 3.8) is 0 Å². The molecule has 2 aromatic carbocycles. The second-order valence-corrected chi connectivity index (χ2v) is 5.00. The predicted molar refractivity (Wildman–Crippen MR) is 84.4 cm³/mol. The minimum Gasteiger partial charge on any atom is -0.287 e. The molecule has 0 aliphatic rings. The third kappa shape index (κ3) is 2.72. The van der Waals surface area contributed by atoms with Gasteiger partial charge < -0.3 is 0 Å². The molecule has 0 aliphatic carbocycles. The standard InChI is InChI=1S/C18H14N2O2/c1-13-7-9-15(10-8-13)20-17(21)12-11-16(19-20)18(22)14-5-3-2-4-6-14/h2-12H,1H3. The van der Waals surface area contributed by atoms with Gasteiger partial charge in [-0.15, -0.1) is 0 Å². The Morgan fingerprint density at radius 2 is 1.59 bits per heavy atom. The molecule has 3 aromatic rings. The first-order valence-electron chi connectivity index (χ1n) is 6.92. The van der Waals surface area contributed by atoms with E-state index in [0.717, 1.165) is 5.56 Å². The lowest BCUT2D eigenvalue weighted by Crippen LogP contribution is -2.23. The van der Waals surface area contributed by atoms with Crippen LogP contribution in [-0.2, 0) is 0 Å². The summed E-state index contributed by atoms with van der Waals surface area (Å²) in [5.74, 6) is -0.207. The topological polar surface area (TPSA) is 52.0 Å². The quantitative estimate of drug-likeness (QED) is 0.697. The van der Waals surface area contributed by atoms with Crippen LogP contribution in [0.3, 0.4) is 0 Å². The fourth-order valence-corrected chi connectivity index (χ4v) is 2.14. The zero-order valence-corrected chi connectivity index (χ0v) is 12.1. The molecule has 0 saturated heterocycles. The zero-order valence-electron chi connectivity index (χ0n) is 12.1. The van der Waals surface area contributed by atoms with Crippen LogP contribution < -0.4 is 5.56 Å². The molecule has 0 spiro atoms. The summed E-state index contributed by atoms with van der Waals surface area (Å²) in [6, 6.07) is 19.1. The molecule has 0 radical (unpaired) electrons. The first-order chi connectivity index (χ1) is 10.6. The molecule has 0 amide bonds. The maximum Gasteiger partial charge on any atom is 0.271 e. The summed E-state index contributed by atoms with van der Waals surface area (Å²) in [5, 5.41) is 4.20. The van der Waals surface area contributed by atoms with Crippen molar-refractivity contribution in [2.45, 2.75) is 6.92 Å². The van der Waals surface area contributed by atoms with E-state index in [2.05, 4.69) is 5.10 Å². The van der Waals surface area contributed by atoms with Crippen LogP contribution in [0.15, 0.2) is 71.5 Å². The number of carbonyl (C=O) groups is 1. The van der Waals surface area contributed by atoms with Crippen LogP contribution in [0.4, 0.5) is 0 Å². The Morgan fingerprint density at radius 3 is 2.27 bits per heavy atom. The van der Waals surface area contributed by atoms with Gasteiger partial charge in [0.05, 0.1) is 5.69 Å². The summed E-state index contributed by atoms with van der Waals surface area (Å²) in [6.07, 6.45) is 0. The van der Waals surface area contributed by atoms with Crippen molar-refractivity contribution in [2.24, 2.45) is 0 Å². The fraction of sp³-hybridized carbons (Fsp3) is 0.0556. The number of ketones is 1. The van der Waals surface area contributed by atoms with Gasteiger partial charge >= 0.3 is 0 Å². The maximum absolute atomic E-state index is 12.4. The van der Waals surface area contributed by atoms with Crippen LogP contribution in [-0.4, -0.2) is 15.6 Å². The lowest BCUT2D eigenvalue weighted by Gasteiger charge is -2.07. The maximum atomic E-state index is 12.4. The van der Waals surface area contributed by atoms with Gasteiger partial charge in [0.2, 0.25) is 5.78 Å². The normalized spacial score (nSPS) is 10.4. The van der Waals surface area contributed by atoms with Crippen molar-refractivity contribution in [1.82, 2.24) is 9.78 Å². The molecule has 3 rings (SSSR count). The zero-order chi connectivity index (χ0) is 15.5. The Morgan fingerprint density at radius 1 is 0.909 bits per heavy atom. The molecule has 1 heterocycles. The van der Waals surface area contributed by atoms with Crippen LogP contribution in [0.5, 0.6) is 0 Å². The highest BCUT2D eigenvalue weighted by Crippen LogP contribution is 2.09. The number of hydrogen-bond donors (Lipinski definition) is 0. The van der Waals surface area contributed by atoms with E-state index in [1.807, 2.05) is 25.1 Å². The van der Waals surface area contributed by atoms with E-state index in [0.29, 0.717) is 11.3 Å². The molecule has 0 saturated carbocycles. The summed E-state index contributed by atoms with van der Waals surface area (Å²) in [4.78, 5) is 24.4. The van der Waals surface area contributed by atoms with Gasteiger partial charge in [-0.1, -0.05) is 48.0 Å².